The minimum atomic E-state index is -5.93. The molecule has 1 amide bonds. The quantitative estimate of drug-likeness (QED) is 0.456. The number of hydrogen-bond acceptors (Lipinski definition) is 3. The number of esters is 1. The molecule has 0 heterocycles. The predicted molar refractivity (Wildman–Crippen MR) is 49.9 cm³/mol. The van der Waals surface area contributed by atoms with Gasteiger partial charge in [0.1, 0.15) is 0 Å². The third-order valence-electron chi connectivity index (χ3n) is 1.79. The van der Waals surface area contributed by atoms with Gasteiger partial charge in [-0.05, 0) is 13.3 Å². The van der Waals surface area contributed by atoms with Crippen LogP contribution in [-0.2, 0) is 14.3 Å². The molecule has 0 atom stereocenters. The summed E-state index contributed by atoms with van der Waals surface area (Å²) in [6.07, 6.45) is -6.19. The van der Waals surface area contributed by atoms with E-state index in [0.717, 1.165) is 0 Å². The highest BCUT2D eigenvalue weighted by atomic mass is 19.4. The Morgan fingerprint density at radius 2 is 1.72 bits per heavy atom. The van der Waals surface area contributed by atoms with Crippen LogP contribution in [0.4, 0.5) is 22.0 Å². The molecular formula is C9H12F5NO3. The second kappa shape index (κ2) is 6.50. The molecule has 0 radical (unpaired) electrons. The van der Waals surface area contributed by atoms with Crippen LogP contribution in [0.2, 0.25) is 0 Å². The molecule has 0 aliphatic rings. The number of amides is 1. The standard InChI is InChI=1S/C9H12F5NO3/c1-2-18-6(16)4-3-5-15-7(17)8(10,11)9(12,13)14/h2-5H2,1H3,(H,15,17). The van der Waals surface area contributed by atoms with Gasteiger partial charge in [-0.15, -0.1) is 0 Å². The first kappa shape index (κ1) is 16.6. The molecule has 0 fully saturated rings. The number of alkyl halides is 5. The van der Waals surface area contributed by atoms with E-state index in [1.54, 1.807) is 6.92 Å². The summed E-state index contributed by atoms with van der Waals surface area (Å²) in [6, 6.07) is 0. The normalized spacial score (nSPS) is 12.1. The lowest BCUT2D eigenvalue weighted by molar-refractivity contribution is -0.269. The van der Waals surface area contributed by atoms with E-state index in [1.807, 2.05) is 0 Å². The van der Waals surface area contributed by atoms with Gasteiger partial charge >= 0.3 is 18.1 Å². The zero-order chi connectivity index (χ0) is 14.4. The minimum Gasteiger partial charge on any atom is -0.466 e. The van der Waals surface area contributed by atoms with Crippen molar-refractivity contribution < 1.29 is 36.3 Å². The first-order valence-corrected chi connectivity index (χ1v) is 5.01. The number of halogens is 5. The van der Waals surface area contributed by atoms with Crippen molar-refractivity contribution in [3.05, 3.63) is 0 Å². The summed E-state index contributed by atoms with van der Waals surface area (Å²) in [7, 11) is 0. The van der Waals surface area contributed by atoms with Crippen molar-refractivity contribution in [2.75, 3.05) is 13.2 Å². The highest BCUT2D eigenvalue weighted by Gasteiger charge is 2.63. The number of carbonyl (C=O) groups is 2. The van der Waals surface area contributed by atoms with E-state index in [1.165, 1.54) is 5.32 Å². The summed E-state index contributed by atoms with van der Waals surface area (Å²) in [5, 5.41) is 1.41. The van der Waals surface area contributed by atoms with E-state index in [0.29, 0.717) is 0 Å². The summed E-state index contributed by atoms with van der Waals surface area (Å²) in [4.78, 5) is 21.4. The van der Waals surface area contributed by atoms with Crippen molar-refractivity contribution in [1.82, 2.24) is 5.32 Å². The Hall–Kier alpha value is -1.41. The Labute approximate surface area is 99.5 Å². The molecule has 0 aromatic heterocycles. The van der Waals surface area contributed by atoms with Crippen LogP contribution in [-0.4, -0.2) is 37.1 Å². The van der Waals surface area contributed by atoms with Crippen molar-refractivity contribution in [3.63, 3.8) is 0 Å². The van der Waals surface area contributed by atoms with E-state index < -0.39 is 30.5 Å². The van der Waals surface area contributed by atoms with Crippen molar-refractivity contribution in [1.29, 1.82) is 0 Å². The summed E-state index contributed by atoms with van der Waals surface area (Å²) in [5.41, 5.74) is 0. The first-order valence-electron chi connectivity index (χ1n) is 5.01. The Morgan fingerprint density at radius 3 is 2.17 bits per heavy atom. The fraction of sp³-hybridized carbons (Fsp3) is 0.778. The molecule has 0 spiro atoms. The predicted octanol–water partition coefficient (Wildman–Crippen LogP) is 1.64. The van der Waals surface area contributed by atoms with Crippen molar-refractivity contribution in [2.45, 2.75) is 31.9 Å². The van der Waals surface area contributed by atoms with Gasteiger partial charge in [-0.25, -0.2) is 0 Å². The third-order valence-corrected chi connectivity index (χ3v) is 1.79. The molecule has 9 heteroatoms. The van der Waals surface area contributed by atoms with E-state index in [-0.39, 0.29) is 19.4 Å². The van der Waals surface area contributed by atoms with Gasteiger partial charge in [0, 0.05) is 13.0 Å². The van der Waals surface area contributed by atoms with Crippen LogP contribution in [0.1, 0.15) is 19.8 Å². The average molecular weight is 277 g/mol. The monoisotopic (exact) mass is 277 g/mol. The largest absolute Gasteiger partial charge is 0.466 e. The van der Waals surface area contributed by atoms with Gasteiger partial charge in [0.15, 0.2) is 0 Å². The van der Waals surface area contributed by atoms with Crippen LogP contribution in [0.5, 0.6) is 0 Å². The van der Waals surface area contributed by atoms with Gasteiger partial charge in [0.05, 0.1) is 6.61 Å². The molecule has 0 unspecified atom stereocenters. The van der Waals surface area contributed by atoms with Crippen molar-refractivity contribution in [2.24, 2.45) is 0 Å². The third kappa shape index (κ3) is 4.84. The number of ether oxygens (including phenoxy) is 1. The van der Waals surface area contributed by atoms with E-state index in [9.17, 15) is 31.5 Å². The SMILES string of the molecule is CCOC(=O)CCCNC(=O)C(F)(F)C(F)(F)F. The smallest absolute Gasteiger partial charge is 0.463 e. The van der Waals surface area contributed by atoms with Crippen molar-refractivity contribution >= 4 is 11.9 Å². The maximum absolute atomic E-state index is 12.4. The fourth-order valence-electron chi connectivity index (χ4n) is 0.908. The average Bonchev–Trinajstić information content (AvgIpc) is 2.22. The second-order valence-electron chi connectivity index (χ2n) is 3.24. The number of rotatable bonds is 6. The molecule has 4 nitrogen and oxygen atoms in total. The molecule has 0 aliphatic heterocycles. The van der Waals surface area contributed by atoms with Gasteiger partial charge < -0.3 is 10.1 Å². The minimum absolute atomic E-state index is 0.0848. The molecule has 0 aromatic rings. The lowest BCUT2D eigenvalue weighted by Crippen LogP contribution is -2.50. The number of nitrogens with one attached hydrogen (secondary N) is 1. The topological polar surface area (TPSA) is 55.4 Å². The van der Waals surface area contributed by atoms with E-state index in [4.69, 9.17) is 0 Å². The van der Waals surface area contributed by atoms with E-state index >= 15 is 0 Å². The molecule has 0 saturated heterocycles. The summed E-state index contributed by atoms with van der Waals surface area (Å²) in [5.74, 6) is -8.48. The summed E-state index contributed by atoms with van der Waals surface area (Å²) >= 11 is 0. The number of hydrogen-bond donors (Lipinski definition) is 1. The maximum Gasteiger partial charge on any atom is 0.463 e. The van der Waals surface area contributed by atoms with Crippen LogP contribution < -0.4 is 5.32 Å². The van der Waals surface area contributed by atoms with Crippen LogP contribution in [0.15, 0.2) is 0 Å². The Bertz CT molecular complexity index is 303. The van der Waals surface area contributed by atoms with Gasteiger partial charge in [0.25, 0.3) is 5.91 Å². The lowest BCUT2D eigenvalue weighted by atomic mass is 10.2. The zero-order valence-electron chi connectivity index (χ0n) is 9.44. The molecule has 0 saturated carbocycles. The Morgan fingerprint density at radius 1 is 1.17 bits per heavy atom. The van der Waals surface area contributed by atoms with Crippen LogP contribution in [0, 0.1) is 0 Å². The maximum atomic E-state index is 12.4. The highest BCUT2D eigenvalue weighted by molar-refractivity contribution is 5.84. The lowest BCUT2D eigenvalue weighted by Gasteiger charge is -2.18. The fourth-order valence-corrected chi connectivity index (χ4v) is 0.908. The molecule has 1 N–H and O–H groups in total. The second-order valence-corrected chi connectivity index (χ2v) is 3.24. The number of carbonyl (C=O) groups excluding carboxylic acids is 2. The summed E-state index contributed by atoms with van der Waals surface area (Å²) < 4.78 is 64.5. The van der Waals surface area contributed by atoms with Gasteiger partial charge in [-0.1, -0.05) is 0 Å². The highest BCUT2D eigenvalue weighted by Crippen LogP contribution is 2.35. The molecule has 18 heavy (non-hydrogen) atoms. The molecule has 0 aliphatic carbocycles. The molecule has 0 rings (SSSR count). The van der Waals surface area contributed by atoms with Crippen LogP contribution in [0.3, 0.4) is 0 Å². The molecule has 106 valence electrons. The Kier molecular flexibility index (Phi) is 5.99. The molecular weight excluding hydrogens is 265 g/mol. The van der Waals surface area contributed by atoms with E-state index in [2.05, 4.69) is 4.74 Å². The first-order chi connectivity index (χ1) is 8.13. The van der Waals surface area contributed by atoms with Gasteiger partial charge in [-0.2, -0.15) is 22.0 Å². The van der Waals surface area contributed by atoms with Gasteiger partial charge in [0.2, 0.25) is 0 Å². The molecule has 0 aromatic carbocycles. The van der Waals surface area contributed by atoms with Crippen molar-refractivity contribution in [3.8, 4) is 0 Å². The van der Waals surface area contributed by atoms with Crippen LogP contribution >= 0.6 is 0 Å². The summed E-state index contributed by atoms with van der Waals surface area (Å²) in [6.45, 7) is 1.23. The Balaban J connectivity index is 4.02. The molecule has 0 bridgehead atoms. The van der Waals surface area contributed by atoms with Gasteiger partial charge in [-0.3, -0.25) is 9.59 Å². The zero-order valence-corrected chi connectivity index (χ0v) is 9.44. The van der Waals surface area contributed by atoms with Crippen LogP contribution in [0.25, 0.3) is 0 Å².